The topological polar surface area (TPSA) is 41.1 Å². The average molecular weight is 333 g/mol. The molecule has 2 aromatic rings. The minimum atomic E-state index is -0.124. The highest BCUT2D eigenvalue weighted by Gasteiger charge is 2.12. The van der Waals surface area contributed by atoms with E-state index in [1.54, 1.807) is 0 Å². The van der Waals surface area contributed by atoms with Crippen LogP contribution in [0.4, 0.5) is 11.4 Å². The zero-order chi connectivity index (χ0) is 14.7. The van der Waals surface area contributed by atoms with Crippen LogP contribution < -0.4 is 10.6 Å². The summed E-state index contributed by atoms with van der Waals surface area (Å²) in [5.41, 5.74) is 4.44. The van der Waals surface area contributed by atoms with Crippen LogP contribution in [0.3, 0.4) is 0 Å². The van der Waals surface area contributed by atoms with E-state index in [-0.39, 0.29) is 5.91 Å². The SMILES string of the molecule is CNc1cc(C)ccc1C(=O)Nc1cc(C)ccc1Br. The van der Waals surface area contributed by atoms with E-state index in [4.69, 9.17) is 0 Å². The first-order valence-corrected chi connectivity index (χ1v) is 7.16. The first-order chi connectivity index (χ1) is 9.51. The molecule has 2 aromatic carbocycles. The van der Waals surface area contributed by atoms with Crippen LogP contribution in [0.1, 0.15) is 21.5 Å². The summed E-state index contributed by atoms with van der Waals surface area (Å²) in [6.45, 7) is 3.99. The molecule has 2 rings (SSSR count). The molecule has 4 heteroatoms. The van der Waals surface area contributed by atoms with Crippen LogP contribution >= 0.6 is 15.9 Å². The summed E-state index contributed by atoms with van der Waals surface area (Å²) in [5, 5.41) is 5.99. The van der Waals surface area contributed by atoms with E-state index < -0.39 is 0 Å². The lowest BCUT2D eigenvalue weighted by molar-refractivity contribution is 0.102. The molecule has 0 heterocycles. The van der Waals surface area contributed by atoms with Gasteiger partial charge < -0.3 is 10.6 Å². The van der Waals surface area contributed by atoms with Crippen molar-refractivity contribution in [1.29, 1.82) is 0 Å². The number of amides is 1. The van der Waals surface area contributed by atoms with E-state index in [0.29, 0.717) is 5.56 Å². The highest BCUT2D eigenvalue weighted by molar-refractivity contribution is 9.10. The van der Waals surface area contributed by atoms with Crippen LogP contribution in [0, 0.1) is 13.8 Å². The molecule has 0 bridgehead atoms. The van der Waals surface area contributed by atoms with Crippen LogP contribution in [0.25, 0.3) is 0 Å². The highest BCUT2D eigenvalue weighted by Crippen LogP contribution is 2.25. The Hall–Kier alpha value is -1.81. The van der Waals surface area contributed by atoms with E-state index in [2.05, 4.69) is 26.6 Å². The molecule has 0 aliphatic heterocycles. The van der Waals surface area contributed by atoms with Crippen molar-refractivity contribution in [2.45, 2.75) is 13.8 Å². The zero-order valence-electron chi connectivity index (χ0n) is 11.8. The molecule has 0 fully saturated rings. The third-order valence-corrected chi connectivity index (χ3v) is 3.75. The predicted molar refractivity (Wildman–Crippen MR) is 87.6 cm³/mol. The Morgan fingerprint density at radius 2 is 1.60 bits per heavy atom. The van der Waals surface area contributed by atoms with Crippen molar-refractivity contribution >= 4 is 33.2 Å². The van der Waals surface area contributed by atoms with Crippen LogP contribution in [-0.2, 0) is 0 Å². The van der Waals surface area contributed by atoms with Gasteiger partial charge in [-0.05, 0) is 65.2 Å². The molecular formula is C16H17BrN2O. The lowest BCUT2D eigenvalue weighted by Crippen LogP contribution is -2.14. The number of aryl methyl sites for hydroxylation is 2. The van der Waals surface area contributed by atoms with Crippen molar-refractivity contribution in [3.05, 3.63) is 57.6 Å². The van der Waals surface area contributed by atoms with Crippen molar-refractivity contribution in [2.75, 3.05) is 17.7 Å². The third kappa shape index (κ3) is 3.20. The molecular weight excluding hydrogens is 316 g/mol. The van der Waals surface area contributed by atoms with Gasteiger partial charge in [-0.3, -0.25) is 4.79 Å². The Balaban J connectivity index is 2.30. The van der Waals surface area contributed by atoms with Crippen LogP contribution in [0.15, 0.2) is 40.9 Å². The number of halogens is 1. The summed E-state index contributed by atoms with van der Waals surface area (Å²) in [6.07, 6.45) is 0. The predicted octanol–water partition coefficient (Wildman–Crippen LogP) is 4.36. The minimum Gasteiger partial charge on any atom is -0.387 e. The first-order valence-electron chi connectivity index (χ1n) is 6.37. The maximum Gasteiger partial charge on any atom is 0.257 e. The van der Waals surface area contributed by atoms with Gasteiger partial charge in [0, 0.05) is 17.2 Å². The van der Waals surface area contributed by atoms with Crippen molar-refractivity contribution in [3.8, 4) is 0 Å². The van der Waals surface area contributed by atoms with E-state index in [0.717, 1.165) is 27.0 Å². The van der Waals surface area contributed by atoms with Gasteiger partial charge in [0.1, 0.15) is 0 Å². The number of rotatable bonds is 3. The van der Waals surface area contributed by atoms with Gasteiger partial charge in [-0.2, -0.15) is 0 Å². The lowest BCUT2D eigenvalue weighted by atomic mass is 10.1. The summed E-state index contributed by atoms with van der Waals surface area (Å²) >= 11 is 3.45. The second-order valence-corrected chi connectivity index (χ2v) is 5.59. The molecule has 0 aliphatic rings. The normalized spacial score (nSPS) is 10.2. The highest BCUT2D eigenvalue weighted by atomic mass is 79.9. The van der Waals surface area contributed by atoms with Gasteiger partial charge in [0.15, 0.2) is 0 Å². The van der Waals surface area contributed by atoms with Gasteiger partial charge in [-0.15, -0.1) is 0 Å². The fraction of sp³-hybridized carbons (Fsp3) is 0.188. The zero-order valence-corrected chi connectivity index (χ0v) is 13.3. The largest absolute Gasteiger partial charge is 0.387 e. The number of hydrogen-bond acceptors (Lipinski definition) is 2. The van der Waals surface area contributed by atoms with Crippen molar-refractivity contribution < 1.29 is 4.79 Å². The molecule has 0 radical (unpaired) electrons. The summed E-state index contributed by atoms with van der Waals surface area (Å²) < 4.78 is 0.870. The quantitative estimate of drug-likeness (QED) is 0.876. The Bertz CT molecular complexity index is 653. The lowest BCUT2D eigenvalue weighted by Gasteiger charge is -2.12. The average Bonchev–Trinajstić information content (AvgIpc) is 2.42. The molecule has 0 spiro atoms. The van der Waals surface area contributed by atoms with E-state index in [9.17, 15) is 4.79 Å². The summed E-state index contributed by atoms with van der Waals surface area (Å²) in [4.78, 5) is 12.4. The Labute approximate surface area is 127 Å². The van der Waals surface area contributed by atoms with E-state index in [1.807, 2.05) is 57.3 Å². The first kappa shape index (κ1) is 14.6. The Kier molecular flexibility index (Phi) is 4.45. The second-order valence-electron chi connectivity index (χ2n) is 4.74. The van der Waals surface area contributed by atoms with E-state index >= 15 is 0 Å². The van der Waals surface area contributed by atoms with Crippen LogP contribution in [-0.4, -0.2) is 13.0 Å². The molecule has 0 aliphatic carbocycles. The number of carbonyl (C=O) groups is 1. The van der Waals surface area contributed by atoms with Crippen molar-refractivity contribution in [3.63, 3.8) is 0 Å². The Morgan fingerprint density at radius 1 is 1.00 bits per heavy atom. The maximum absolute atomic E-state index is 12.4. The maximum atomic E-state index is 12.4. The molecule has 0 aromatic heterocycles. The smallest absolute Gasteiger partial charge is 0.257 e. The number of anilines is 2. The van der Waals surface area contributed by atoms with Gasteiger partial charge in [-0.1, -0.05) is 12.1 Å². The number of nitrogens with one attached hydrogen (secondary N) is 2. The van der Waals surface area contributed by atoms with Crippen LogP contribution in [0.5, 0.6) is 0 Å². The van der Waals surface area contributed by atoms with Gasteiger partial charge >= 0.3 is 0 Å². The molecule has 0 saturated heterocycles. The molecule has 1 amide bonds. The number of carbonyl (C=O) groups excluding carboxylic acids is 1. The summed E-state index contributed by atoms with van der Waals surface area (Å²) in [7, 11) is 1.81. The van der Waals surface area contributed by atoms with Crippen molar-refractivity contribution in [1.82, 2.24) is 0 Å². The monoisotopic (exact) mass is 332 g/mol. The molecule has 0 unspecified atom stereocenters. The molecule has 3 nitrogen and oxygen atoms in total. The van der Waals surface area contributed by atoms with Crippen molar-refractivity contribution in [2.24, 2.45) is 0 Å². The standard InChI is InChI=1S/C16H17BrN2O/c1-10-4-6-12(14(8-10)18-3)16(20)19-15-9-11(2)5-7-13(15)17/h4-9,18H,1-3H3,(H,19,20). The van der Waals surface area contributed by atoms with Gasteiger partial charge in [0.05, 0.1) is 11.3 Å². The third-order valence-electron chi connectivity index (χ3n) is 3.06. The fourth-order valence-corrected chi connectivity index (χ4v) is 2.33. The second kappa shape index (κ2) is 6.09. The number of hydrogen-bond donors (Lipinski definition) is 2. The molecule has 20 heavy (non-hydrogen) atoms. The summed E-state index contributed by atoms with van der Waals surface area (Å²) in [6, 6.07) is 11.6. The molecule has 0 atom stereocenters. The van der Waals surface area contributed by atoms with Gasteiger partial charge in [0.25, 0.3) is 5.91 Å². The Morgan fingerprint density at radius 3 is 2.25 bits per heavy atom. The minimum absolute atomic E-state index is 0.124. The molecule has 2 N–H and O–H groups in total. The summed E-state index contributed by atoms with van der Waals surface area (Å²) in [5.74, 6) is -0.124. The molecule has 0 saturated carbocycles. The molecule has 104 valence electrons. The fourth-order valence-electron chi connectivity index (χ4n) is 1.99. The van der Waals surface area contributed by atoms with E-state index in [1.165, 1.54) is 0 Å². The van der Waals surface area contributed by atoms with Gasteiger partial charge in [-0.25, -0.2) is 0 Å². The number of benzene rings is 2. The van der Waals surface area contributed by atoms with Crippen LogP contribution in [0.2, 0.25) is 0 Å². The van der Waals surface area contributed by atoms with Gasteiger partial charge in [0.2, 0.25) is 0 Å².